The summed E-state index contributed by atoms with van der Waals surface area (Å²) in [6, 6.07) is 10.6. The third-order valence-electron chi connectivity index (χ3n) is 5.15. The number of aryl methyl sites for hydroxylation is 1. The number of hydrogen-bond donors (Lipinski definition) is 1. The van der Waals surface area contributed by atoms with Gasteiger partial charge in [-0.1, -0.05) is 37.6 Å². The molecule has 1 aromatic carbocycles. The summed E-state index contributed by atoms with van der Waals surface area (Å²) >= 11 is 6.47. The second kappa shape index (κ2) is 10.2. The first kappa shape index (κ1) is 23.2. The first-order valence-corrected chi connectivity index (χ1v) is 10.8. The number of hydrogen-bond acceptors (Lipinski definition) is 4. The SMILES string of the molecule is CN(C)CC(C)(C)CCc1cc(-c2cncc(NCc3cccc(F)c3)c2)c(Cl)cn1. The Morgan fingerprint density at radius 1 is 1.10 bits per heavy atom. The lowest BCUT2D eigenvalue weighted by Crippen LogP contribution is -2.29. The molecular weight excluding hydrogens is 411 g/mol. The van der Waals surface area contributed by atoms with E-state index in [2.05, 4.69) is 54.2 Å². The molecule has 0 atom stereocenters. The van der Waals surface area contributed by atoms with Gasteiger partial charge in [-0.3, -0.25) is 9.97 Å². The minimum absolute atomic E-state index is 0.202. The highest BCUT2D eigenvalue weighted by Crippen LogP contribution is 2.30. The van der Waals surface area contributed by atoms with E-state index in [0.29, 0.717) is 11.6 Å². The maximum Gasteiger partial charge on any atom is 0.123 e. The third-order valence-corrected chi connectivity index (χ3v) is 5.45. The van der Waals surface area contributed by atoms with Crippen molar-refractivity contribution < 1.29 is 4.39 Å². The molecular formula is C25H30ClFN4. The van der Waals surface area contributed by atoms with Gasteiger partial charge in [0.2, 0.25) is 0 Å². The van der Waals surface area contributed by atoms with Gasteiger partial charge in [-0.05, 0) is 62.2 Å². The van der Waals surface area contributed by atoms with E-state index in [0.717, 1.165) is 47.5 Å². The molecule has 6 heteroatoms. The lowest BCUT2D eigenvalue weighted by Gasteiger charge is -2.28. The number of benzene rings is 1. The monoisotopic (exact) mass is 440 g/mol. The fourth-order valence-electron chi connectivity index (χ4n) is 3.78. The fraction of sp³-hybridized carbons (Fsp3) is 0.360. The summed E-state index contributed by atoms with van der Waals surface area (Å²) in [5, 5.41) is 3.90. The molecule has 3 rings (SSSR count). The zero-order valence-corrected chi connectivity index (χ0v) is 19.4. The average Bonchev–Trinajstić information content (AvgIpc) is 2.71. The highest BCUT2D eigenvalue weighted by atomic mass is 35.5. The van der Waals surface area contributed by atoms with Crippen LogP contribution in [-0.4, -0.2) is 35.5 Å². The van der Waals surface area contributed by atoms with Crippen molar-refractivity contribution in [3.05, 3.63) is 77.1 Å². The van der Waals surface area contributed by atoms with Crippen molar-refractivity contribution in [2.45, 2.75) is 33.2 Å². The zero-order chi connectivity index (χ0) is 22.4. The summed E-state index contributed by atoms with van der Waals surface area (Å²) in [5.41, 5.74) is 4.78. The van der Waals surface area contributed by atoms with Crippen LogP contribution < -0.4 is 5.32 Å². The van der Waals surface area contributed by atoms with Crippen LogP contribution in [0.2, 0.25) is 5.02 Å². The summed E-state index contributed by atoms with van der Waals surface area (Å²) in [6.07, 6.45) is 7.19. The first-order chi connectivity index (χ1) is 14.7. The third kappa shape index (κ3) is 7.01. The number of rotatable bonds is 9. The number of pyridine rings is 2. The molecule has 0 spiro atoms. The van der Waals surface area contributed by atoms with E-state index in [4.69, 9.17) is 11.6 Å². The van der Waals surface area contributed by atoms with Crippen molar-refractivity contribution in [2.75, 3.05) is 26.0 Å². The predicted molar refractivity (Wildman–Crippen MR) is 127 cm³/mol. The zero-order valence-electron chi connectivity index (χ0n) is 18.6. The van der Waals surface area contributed by atoms with Gasteiger partial charge in [0.15, 0.2) is 0 Å². The average molecular weight is 441 g/mol. The highest BCUT2D eigenvalue weighted by Gasteiger charge is 2.19. The number of halogens is 2. The minimum Gasteiger partial charge on any atom is -0.380 e. The van der Waals surface area contributed by atoms with Gasteiger partial charge in [-0.15, -0.1) is 0 Å². The standard InChI is InChI=1S/C25H30ClFN4/c1-25(2,17-31(3)4)9-8-21-12-23(24(26)16-30-21)19-11-22(15-28-14-19)29-13-18-6-5-7-20(27)10-18/h5-7,10-12,14-16,29H,8-9,13,17H2,1-4H3. The molecule has 3 aromatic rings. The first-order valence-electron chi connectivity index (χ1n) is 10.4. The Balaban J connectivity index is 1.73. The van der Waals surface area contributed by atoms with E-state index < -0.39 is 0 Å². The van der Waals surface area contributed by atoms with Gasteiger partial charge in [0, 0.05) is 48.5 Å². The summed E-state index contributed by atoms with van der Waals surface area (Å²) in [6.45, 7) is 6.10. The van der Waals surface area contributed by atoms with Crippen LogP contribution in [0, 0.1) is 11.2 Å². The minimum atomic E-state index is -0.240. The molecule has 0 aliphatic rings. The molecule has 0 radical (unpaired) electrons. The Bertz CT molecular complexity index is 1020. The molecule has 0 amide bonds. The molecule has 2 aromatic heterocycles. The maximum absolute atomic E-state index is 13.4. The molecule has 164 valence electrons. The quantitative estimate of drug-likeness (QED) is 0.438. The lowest BCUT2D eigenvalue weighted by atomic mass is 9.86. The summed E-state index contributed by atoms with van der Waals surface area (Å²) in [7, 11) is 4.20. The van der Waals surface area contributed by atoms with Crippen LogP contribution in [-0.2, 0) is 13.0 Å². The van der Waals surface area contributed by atoms with Crippen LogP contribution in [0.15, 0.2) is 55.0 Å². The number of anilines is 1. The lowest BCUT2D eigenvalue weighted by molar-refractivity contribution is 0.225. The Hall–Kier alpha value is -2.50. The van der Waals surface area contributed by atoms with E-state index >= 15 is 0 Å². The van der Waals surface area contributed by atoms with Crippen molar-refractivity contribution in [3.63, 3.8) is 0 Å². The summed E-state index contributed by atoms with van der Waals surface area (Å²) in [5.74, 6) is -0.240. The van der Waals surface area contributed by atoms with Gasteiger partial charge in [0.05, 0.1) is 10.7 Å². The van der Waals surface area contributed by atoms with Crippen LogP contribution in [0.25, 0.3) is 11.1 Å². The molecule has 4 nitrogen and oxygen atoms in total. The molecule has 31 heavy (non-hydrogen) atoms. The van der Waals surface area contributed by atoms with Crippen LogP contribution in [0.4, 0.5) is 10.1 Å². The van der Waals surface area contributed by atoms with Crippen molar-refractivity contribution in [3.8, 4) is 11.1 Å². The van der Waals surface area contributed by atoms with Gasteiger partial charge in [-0.25, -0.2) is 4.39 Å². The topological polar surface area (TPSA) is 41.1 Å². The molecule has 0 saturated carbocycles. The van der Waals surface area contributed by atoms with Crippen molar-refractivity contribution >= 4 is 17.3 Å². The second-order valence-electron chi connectivity index (χ2n) is 9.00. The van der Waals surface area contributed by atoms with Crippen molar-refractivity contribution in [2.24, 2.45) is 5.41 Å². The van der Waals surface area contributed by atoms with Crippen LogP contribution in [0.3, 0.4) is 0 Å². The number of nitrogens with zero attached hydrogens (tertiary/aromatic N) is 3. The van der Waals surface area contributed by atoms with Gasteiger partial charge in [0.1, 0.15) is 5.82 Å². The molecule has 0 fully saturated rings. The molecule has 0 aliphatic carbocycles. The predicted octanol–water partition coefficient (Wildman–Crippen LogP) is 6.07. The van der Waals surface area contributed by atoms with Crippen molar-refractivity contribution in [1.82, 2.24) is 14.9 Å². The van der Waals surface area contributed by atoms with E-state index in [-0.39, 0.29) is 11.2 Å². The largest absolute Gasteiger partial charge is 0.380 e. The molecule has 1 N–H and O–H groups in total. The molecule has 0 unspecified atom stereocenters. The Labute approximate surface area is 189 Å². The number of aromatic nitrogens is 2. The van der Waals surface area contributed by atoms with E-state index in [1.54, 1.807) is 24.7 Å². The van der Waals surface area contributed by atoms with Gasteiger partial charge >= 0.3 is 0 Å². The molecule has 2 heterocycles. The molecule has 0 bridgehead atoms. The summed E-state index contributed by atoms with van der Waals surface area (Å²) in [4.78, 5) is 11.1. The van der Waals surface area contributed by atoms with Crippen LogP contribution in [0.5, 0.6) is 0 Å². The van der Waals surface area contributed by atoms with Crippen molar-refractivity contribution in [1.29, 1.82) is 0 Å². The van der Waals surface area contributed by atoms with Crippen LogP contribution in [0.1, 0.15) is 31.5 Å². The van der Waals surface area contributed by atoms with Gasteiger partial charge in [0.25, 0.3) is 0 Å². The normalized spacial score (nSPS) is 11.7. The fourth-order valence-corrected chi connectivity index (χ4v) is 3.99. The second-order valence-corrected chi connectivity index (χ2v) is 9.41. The highest BCUT2D eigenvalue weighted by molar-refractivity contribution is 6.33. The molecule has 0 aliphatic heterocycles. The van der Waals surface area contributed by atoms with Crippen LogP contribution >= 0.6 is 11.6 Å². The Morgan fingerprint density at radius 3 is 2.65 bits per heavy atom. The van der Waals surface area contributed by atoms with Gasteiger partial charge < -0.3 is 10.2 Å². The maximum atomic E-state index is 13.4. The Kier molecular flexibility index (Phi) is 7.63. The van der Waals surface area contributed by atoms with E-state index in [1.165, 1.54) is 12.1 Å². The van der Waals surface area contributed by atoms with E-state index in [9.17, 15) is 4.39 Å². The smallest absolute Gasteiger partial charge is 0.123 e. The van der Waals surface area contributed by atoms with E-state index in [1.807, 2.05) is 12.1 Å². The summed E-state index contributed by atoms with van der Waals surface area (Å²) < 4.78 is 13.4. The number of nitrogens with one attached hydrogen (secondary N) is 1. The van der Waals surface area contributed by atoms with Gasteiger partial charge in [-0.2, -0.15) is 0 Å². The molecule has 0 saturated heterocycles. The Morgan fingerprint density at radius 2 is 1.90 bits per heavy atom.